The molecular formula is C21H18Cl2OS. The van der Waals surface area contributed by atoms with Crippen LogP contribution in [0.4, 0.5) is 0 Å². The first-order valence-electron chi connectivity index (χ1n) is 8.04. The van der Waals surface area contributed by atoms with Crippen molar-refractivity contribution in [2.45, 2.75) is 17.7 Å². The van der Waals surface area contributed by atoms with Crippen LogP contribution in [0.25, 0.3) is 0 Å². The lowest BCUT2D eigenvalue weighted by atomic mass is 10.0. The third kappa shape index (κ3) is 5.43. The predicted molar refractivity (Wildman–Crippen MR) is 109 cm³/mol. The van der Waals surface area contributed by atoms with E-state index in [1.807, 2.05) is 54.6 Å². The Hall–Kier alpha value is -1.61. The molecule has 1 nitrogen and oxygen atoms in total. The Morgan fingerprint density at radius 1 is 0.800 bits per heavy atom. The lowest BCUT2D eigenvalue weighted by Gasteiger charge is -2.09. The van der Waals surface area contributed by atoms with Crippen molar-refractivity contribution < 1.29 is 4.74 Å². The average Bonchev–Trinajstić information content (AvgIpc) is 2.61. The highest BCUT2D eigenvalue weighted by Crippen LogP contribution is 2.22. The topological polar surface area (TPSA) is 9.23 Å². The van der Waals surface area contributed by atoms with Gasteiger partial charge in [-0.15, -0.1) is 12.6 Å². The van der Waals surface area contributed by atoms with Gasteiger partial charge in [-0.05, 0) is 65.6 Å². The lowest BCUT2D eigenvalue weighted by molar-refractivity contribution is 0.322. The summed E-state index contributed by atoms with van der Waals surface area (Å²) < 4.78 is 5.75. The number of rotatable bonds is 6. The zero-order valence-corrected chi connectivity index (χ0v) is 16.0. The third-order valence-corrected chi connectivity index (χ3v) is 4.82. The summed E-state index contributed by atoms with van der Waals surface area (Å²) >= 11 is 16.6. The molecule has 0 aromatic heterocycles. The van der Waals surface area contributed by atoms with Gasteiger partial charge in [0.15, 0.2) is 0 Å². The van der Waals surface area contributed by atoms with Crippen molar-refractivity contribution in [2.24, 2.45) is 0 Å². The van der Waals surface area contributed by atoms with Crippen LogP contribution in [0.1, 0.15) is 16.7 Å². The summed E-state index contributed by atoms with van der Waals surface area (Å²) in [4.78, 5) is 0.926. The molecule has 0 atom stereocenters. The van der Waals surface area contributed by atoms with Gasteiger partial charge in [0.1, 0.15) is 5.75 Å². The number of thiol groups is 1. The van der Waals surface area contributed by atoms with Crippen molar-refractivity contribution in [3.8, 4) is 5.75 Å². The Balaban J connectivity index is 1.57. The Morgan fingerprint density at radius 2 is 1.48 bits per heavy atom. The van der Waals surface area contributed by atoms with Crippen LogP contribution in [0.15, 0.2) is 71.6 Å². The maximum Gasteiger partial charge on any atom is 0.119 e. The average molecular weight is 389 g/mol. The van der Waals surface area contributed by atoms with E-state index in [-0.39, 0.29) is 0 Å². The second kappa shape index (κ2) is 8.66. The molecule has 0 unspecified atom stereocenters. The standard InChI is InChI=1S/C21H18Cl2OS/c22-18-5-2-15(3-6-18)13-17-4-1-16(14-21(17)23)11-12-24-19-7-9-20(25)10-8-19/h1-10,14,25H,11-13H2. The molecular weight excluding hydrogens is 371 g/mol. The maximum atomic E-state index is 6.45. The Kier molecular flexibility index (Phi) is 6.30. The van der Waals surface area contributed by atoms with Gasteiger partial charge in [0.05, 0.1) is 6.61 Å². The summed E-state index contributed by atoms with van der Waals surface area (Å²) in [6.07, 6.45) is 1.60. The minimum Gasteiger partial charge on any atom is -0.493 e. The van der Waals surface area contributed by atoms with Gasteiger partial charge in [-0.25, -0.2) is 0 Å². The summed E-state index contributed by atoms with van der Waals surface area (Å²) in [5.41, 5.74) is 3.46. The zero-order chi connectivity index (χ0) is 17.6. The molecule has 0 fully saturated rings. The van der Waals surface area contributed by atoms with Crippen molar-refractivity contribution >= 4 is 35.8 Å². The van der Waals surface area contributed by atoms with Crippen LogP contribution in [0, 0.1) is 0 Å². The molecule has 0 spiro atoms. The summed E-state index contributed by atoms with van der Waals surface area (Å²) in [5, 5.41) is 1.53. The number of ether oxygens (including phenoxy) is 1. The summed E-state index contributed by atoms with van der Waals surface area (Å²) in [6.45, 7) is 0.610. The van der Waals surface area contributed by atoms with Crippen molar-refractivity contribution in [3.63, 3.8) is 0 Å². The molecule has 3 rings (SSSR count). The highest BCUT2D eigenvalue weighted by molar-refractivity contribution is 7.80. The van der Waals surface area contributed by atoms with Gasteiger partial charge < -0.3 is 4.74 Å². The van der Waals surface area contributed by atoms with Gasteiger partial charge in [-0.3, -0.25) is 0 Å². The van der Waals surface area contributed by atoms with E-state index in [2.05, 4.69) is 24.8 Å². The van der Waals surface area contributed by atoms with Crippen molar-refractivity contribution in [1.29, 1.82) is 0 Å². The van der Waals surface area contributed by atoms with Crippen LogP contribution >= 0.6 is 35.8 Å². The minimum absolute atomic E-state index is 0.610. The number of halogens is 2. The molecule has 4 heteroatoms. The van der Waals surface area contributed by atoms with E-state index in [9.17, 15) is 0 Å². The zero-order valence-electron chi connectivity index (χ0n) is 13.6. The van der Waals surface area contributed by atoms with Crippen molar-refractivity contribution in [1.82, 2.24) is 0 Å². The second-order valence-electron chi connectivity index (χ2n) is 5.82. The molecule has 0 aliphatic carbocycles. The summed E-state index contributed by atoms with van der Waals surface area (Å²) in [5.74, 6) is 0.850. The molecule has 0 heterocycles. The van der Waals surface area contributed by atoms with Gasteiger partial charge in [-0.1, -0.05) is 47.5 Å². The largest absolute Gasteiger partial charge is 0.493 e. The van der Waals surface area contributed by atoms with E-state index in [1.54, 1.807) is 0 Å². The van der Waals surface area contributed by atoms with E-state index < -0.39 is 0 Å². The van der Waals surface area contributed by atoms with E-state index in [4.69, 9.17) is 27.9 Å². The highest BCUT2D eigenvalue weighted by atomic mass is 35.5. The first-order valence-corrected chi connectivity index (χ1v) is 9.24. The molecule has 0 bridgehead atoms. The molecule has 0 saturated heterocycles. The molecule has 0 aliphatic heterocycles. The molecule has 3 aromatic carbocycles. The number of hydrogen-bond donors (Lipinski definition) is 1. The number of hydrogen-bond acceptors (Lipinski definition) is 2. The molecule has 0 saturated carbocycles. The molecule has 3 aromatic rings. The Labute approximate surface area is 164 Å². The van der Waals surface area contributed by atoms with E-state index in [0.717, 1.165) is 44.7 Å². The van der Waals surface area contributed by atoms with Gasteiger partial charge in [0.25, 0.3) is 0 Å². The first-order chi connectivity index (χ1) is 12.1. The Morgan fingerprint density at radius 3 is 2.16 bits per heavy atom. The fraction of sp³-hybridized carbons (Fsp3) is 0.143. The molecule has 0 amide bonds. The fourth-order valence-corrected chi connectivity index (χ4v) is 3.09. The van der Waals surface area contributed by atoms with Gasteiger partial charge in [0, 0.05) is 21.4 Å². The minimum atomic E-state index is 0.610. The van der Waals surface area contributed by atoms with Gasteiger partial charge in [0.2, 0.25) is 0 Å². The summed E-state index contributed by atoms with van der Waals surface area (Å²) in [6, 6.07) is 21.7. The normalized spacial score (nSPS) is 10.7. The first kappa shape index (κ1) is 18.2. The molecule has 0 aliphatic rings. The molecule has 25 heavy (non-hydrogen) atoms. The van der Waals surface area contributed by atoms with Gasteiger partial charge in [-0.2, -0.15) is 0 Å². The van der Waals surface area contributed by atoms with E-state index in [0.29, 0.717) is 6.61 Å². The van der Waals surface area contributed by atoms with Gasteiger partial charge >= 0.3 is 0 Å². The van der Waals surface area contributed by atoms with Crippen LogP contribution in [-0.4, -0.2) is 6.61 Å². The van der Waals surface area contributed by atoms with Crippen LogP contribution in [0.3, 0.4) is 0 Å². The molecule has 128 valence electrons. The SMILES string of the molecule is Sc1ccc(OCCc2ccc(Cc3ccc(Cl)cc3)c(Cl)c2)cc1. The van der Waals surface area contributed by atoms with Crippen LogP contribution in [-0.2, 0) is 12.8 Å². The van der Waals surface area contributed by atoms with E-state index >= 15 is 0 Å². The second-order valence-corrected chi connectivity index (χ2v) is 7.18. The van der Waals surface area contributed by atoms with Crippen LogP contribution in [0.5, 0.6) is 5.75 Å². The molecule has 0 N–H and O–H groups in total. The maximum absolute atomic E-state index is 6.45. The quantitative estimate of drug-likeness (QED) is 0.474. The summed E-state index contributed by atoms with van der Waals surface area (Å²) in [7, 11) is 0. The predicted octanol–water partition coefficient (Wildman–Crippen LogP) is 6.49. The monoisotopic (exact) mass is 388 g/mol. The van der Waals surface area contributed by atoms with Crippen LogP contribution < -0.4 is 4.74 Å². The van der Waals surface area contributed by atoms with Crippen LogP contribution in [0.2, 0.25) is 10.0 Å². The lowest BCUT2D eigenvalue weighted by Crippen LogP contribution is -2.01. The smallest absolute Gasteiger partial charge is 0.119 e. The Bertz CT molecular complexity index is 830. The van der Waals surface area contributed by atoms with E-state index in [1.165, 1.54) is 5.56 Å². The fourth-order valence-electron chi connectivity index (χ4n) is 2.54. The number of benzene rings is 3. The van der Waals surface area contributed by atoms with Crippen molar-refractivity contribution in [2.75, 3.05) is 6.61 Å². The highest BCUT2D eigenvalue weighted by Gasteiger charge is 2.04. The molecule has 0 radical (unpaired) electrons. The van der Waals surface area contributed by atoms with Crippen molar-refractivity contribution in [3.05, 3.63) is 93.5 Å². The third-order valence-electron chi connectivity index (χ3n) is 3.92.